The van der Waals surface area contributed by atoms with Gasteiger partial charge in [0.25, 0.3) is 5.56 Å². The molecule has 0 fully saturated rings. The molecule has 0 saturated carbocycles. The molecule has 16 heavy (non-hydrogen) atoms. The highest BCUT2D eigenvalue weighted by molar-refractivity contribution is 7.99. The summed E-state index contributed by atoms with van der Waals surface area (Å²) in [4.78, 5) is 26.8. The first-order valence-electron chi connectivity index (χ1n) is 4.42. The van der Waals surface area contributed by atoms with Gasteiger partial charge in [-0.25, -0.2) is 4.98 Å². The van der Waals surface area contributed by atoms with E-state index in [2.05, 4.69) is 4.98 Å². The molecule has 7 heteroatoms. The van der Waals surface area contributed by atoms with Crippen molar-refractivity contribution >= 4 is 34.0 Å². The van der Waals surface area contributed by atoms with Crippen LogP contribution in [0.3, 0.4) is 0 Å². The summed E-state index contributed by atoms with van der Waals surface area (Å²) in [6, 6.07) is 1.44. The molecule has 0 bridgehead atoms. The number of aliphatic carboxylic acids is 1. The third kappa shape index (κ3) is 2.42. The Morgan fingerprint density at radius 2 is 2.44 bits per heavy atom. The molecular formula is C9H8N2O3S2. The second kappa shape index (κ2) is 4.67. The Hall–Kier alpha value is -1.34. The van der Waals surface area contributed by atoms with Crippen LogP contribution in [0.2, 0.25) is 0 Å². The van der Waals surface area contributed by atoms with Crippen LogP contribution in [0.5, 0.6) is 0 Å². The van der Waals surface area contributed by atoms with Gasteiger partial charge >= 0.3 is 5.97 Å². The van der Waals surface area contributed by atoms with Crippen LogP contribution in [-0.2, 0) is 10.5 Å². The van der Waals surface area contributed by atoms with Crippen molar-refractivity contribution in [3.8, 4) is 0 Å². The van der Waals surface area contributed by atoms with Gasteiger partial charge in [-0.3, -0.25) is 14.0 Å². The first-order valence-corrected chi connectivity index (χ1v) is 6.45. The first kappa shape index (κ1) is 11.2. The summed E-state index contributed by atoms with van der Waals surface area (Å²) in [5.74, 6) is -0.402. The van der Waals surface area contributed by atoms with Crippen LogP contribution in [0.15, 0.2) is 22.4 Å². The van der Waals surface area contributed by atoms with Gasteiger partial charge in [-0.1, -0.05) is 0 Å². The number of carboxylic acid groups (broad SMARTS) is 1. The van der Waals surface area contributed by atoms with Crippen molar-refractivity contribution < 1.29 is 9.90 Å². The van der Waals surface area contributed by atoms with Crippen molar-refractivity contribution in [1.29, 1.82) is 0 Å². The quantitative estimate of drug-likeness (QED) is 0.886. The Morgan fingerprint density at radius 3 is 3.19 bits per heavy atom. The van der Waals surface area contributed by atoms with Gasteiger partial charge in [0.15, 0.2) is 4.96 Å². The van der Waals surface area contributed by atoms with Gasteiger partial charge in [-0.15, -0.1) is 23.1 Å². The van der Waals surface area contributed by atoms with Crippen LogP contribution in [0, 0.1) is 0 Å². The van der Waals surface area contributed by atoms with E-state index in [0.29, 0.717) is 16.4 Å². The molecule has 1 N–H and O–H groups in total. The van der Waals surface area contributed by atoms with E-state index in [1.807, 2.05) is 0 Å². The van der Waals surface area contributed by atoms with Gasteiger partial charge in [0.05, 0.1) is 11.4 Å². The Bertz CT molecular complexity index is 575. The Morgan fingerprint density at radius 1 is 1.62 bits per heavy atom. The lowest BCUT2D eigenvalue weighted by atomic mass is 10.4. The van der Waals surface area contributed by atoms with Crippen molar-refractivity contribution in [3.63, 3.8) is 0 Å². The number of nitrogens with zero attached hydrogens (tertiary/aromatic N) is 2. The molecule has 2 rings (SSSR count). The molecule has 0 aliphatic carbocycles. The third-order valence-corrected chi connectivity index (χ3v) is 3.54. The van der Waals surface area contributed by atoms with Gasteiger partial charge in [-0.05, 0) is 0 Å². The summed E-state index contributed by atoms with van der Waals surface area (Å²) in [5, 5.41) is 10.3. The molecule has 0 radical (unpaired) electrons. The van der Waals surface area contributed by atoms with E-state index in [-0.39, 0.29) is 11.3 Å². The van der Waals surface area contributed by atoms with Gasteiger partial charge in [0.2, 0.25) is 0 Å². The van der Waals surface area contributed by atoms with Gasteiger partial charge in [0.1, 0.15) is 0 Å². The van der Waals surface area contributed by atoms with Gasteiger partial charge in [0, 0.05) is 23.4 Å². The fraction of sp³-hybridized carbons (Fsp3) is 0.222. The average molecular weight is 256 g/mol. The minimum atomic E-state index is -0.862. The Kier molecular flexibility index (Phi) is 3.25. The average Bonchev–Trinajstić information content (AvgIpc) is 2.65. The molecule has 84 valence electrons. The normalized spacial score (nSPS) is 10.8. The van der Waals surface area contributed by atoms with E-state index in [9.17, 15) is 9.59 Å². The summed E-state index contributed by atoms with van der Waals surface area (Å²) in [7, 11) is 0. The highest BCUT2D eigenvalue weighted by Gasteiger charge is 2.04. The van der Waals surface area contributed by atoms with Crippen LogP contribution in [0.1, 0.15) is 5.69 Å². The minimum absolute atomic E-state index is 0.0193. The fourth-order valence-electron chi connectivity index (χ4n) is 1.20. The fourth-order valence-corrected chi connectivity index (χ4v) is 2.58. The number of fused-ring (bicyclic) bond motifs is 1. The summed E-state index contributed by atoms with van der Waals surface area (Å²) in [6.45, 7) is 0. The summed E-state index contributed by atoms with van der Waals surface area (Å²) < 4.78 is 1.47. The van der Waals surface area contributed by atoms with Crippen LogP contribution >= 0.6 is 23.1 Å². The minimum Gasteiger partial charge on any atom is -0.481 e. The van der Waals surface area contributed by atoms with Crippen molar-refractivity contribution in [1.82, 2.24) is 9.38 Å². The van der Waals surface area contributed by atoms with Crippen molar-refractivity contribution in [2.45, 2.75) is 5.75 Å². The lowest BCUT2D eigenvalue weighted by Gasteiger charge is -1.99. The van der Waals surface area contributed by atoms with Crippen LogP contribution < -0.4 is 5.56 Å². The van der Waals surface area contributed by atoms with Gasteiger partial charge < -0.3 is 5.11 Å². The number of thiazole rings is 1. The van der Waals surface area contributed by atoms with E-state index < -0.39 is 5.97 Å². The molecule has 0 atom stereocenters. The zero-order valence-electron chi connectivity index (χ0n) is 8.12. The third-order valence-electron chi connectivity index (χ3n) is 1.83. The SMILES string of the molecule is O=C(O)CSCc1cc(=O)n2ccsc2n1. The Labute approximate surface area is 98.8 Å². The number of hydrogen-bond acceptors (Lipinski definition) is 5. The molecule has 2 heterocycles. The predicted octanol–water partition coefficient (Wildman–Crippen LogP) is 1.07. The number of carboxylic acids is 1. The van der Waals surface area contributed by atoms with E-state index in [4.69, 9.17) is 5.11 Å². The van der Waals surface area contributed by atoms with Crippen LogP contribution in [0.25, 0.3) is 4.96 Å². The highest BCUT2D eigenvalue weighted by Crippen LogP contribution is 2.11. The molecule has 2 aromatic heterocycles. The lowest BCUT2D eigenvalue weighted by molar-refractivity contribution is -0.133. The van der Waals surface area contributed by atoms with Crippen molar-refractivity contribution in [2.75, 3.05) is 5.75 Å². The van der Waals surface area contributed by atoms with E-state index in [1.165, 1.54) is 33.6 Å². The molecule has 0 spiro atoms. The van der Waals surface area contributed by atoms with Crippen molar-refractivity contribution in [3.05, 3.63) is 33.7 Å². The standard InChI is InChI=1S/C9H8N2O3S2/c12-7-3-6(4-15-5-8(13)14)10-9-11(7)1-2-16-9/h1-3H,4-5H2,(H,13,14). The second-order valence-corrected chi connectivity index (χ2v) is 4.89. The number of thioether (sulfide) groups is 1. The Balaban J connectivity index is 2.18. The molecule has 0 aliphatic rings. The van der Waals surface area contributed by atoms with Crippen LogP contribution in [0.4, 0.5) is 0 Å². The molecule has 2 aromatic rings. The zero-order chi connectivity index (χ0) is 11.5. The maximum atomic E-state index is 11.6. The van der Waals surface area contributed by atoms with Crippen molar-refractivity contribution in [2.24, 2.45) is 0 Å². The number of rotatable bonds is 4. The zero-order valence-corrected chi connectivity index (χ0v) is 9.75. The smallest absolute Gasteiger partial charge is 0.313 e. The second-order valence-electron chi connectivity index (χ2n) is 3.03. The summed E-state index contributed by atoms with van der Waals surface area (Å²) >= 11 is 2.61. The molecule has 0 saturated heterocycles. The largest absolute Gasteiger partial charge is 0.481 e. The first-order chi connectivity index (χ1) is 7.66. The molecule has 5 nitrogen and oxygen atoms in total. The molecule has 0 aromatic carbocycles. The monoisotopic (exact) mass is 256 g/mol. The van der Waals surface area contributed by atoms with E-state index in [1.54, 1.807) is 11.6 Å². The molecule has 0 aliphatic heterocycles. The number of carbonyl (C=O) groups is 1. The summed E-state index contributed by atoms with van der Waals surface area (Å²) in [6.07, 6.45) is 1.67. The molecule has 0 unspecified atom stereocenters. The molecular weight excluding hydrogens is 248 g/mol. The van der Waals surface area contributed by atoms with Crippen LogP contribution in [-0.4, -0.2) is 26.2 Å². The molecule has 0 amide bonds. The van der Waals surface area contributed by atoms with E-state index in [0.717, 1.165) is 0 Å². The maximum absolute atomic E-state index is 11.6. The maximum Gasteiger partial charge on any atom is 0.313 e. The van der Waals surface area contributed by atoms with E-state index >= 15 is 0 Å². The predicted molar refractivity (Wildman–Crippen MR) is 63.1 cm³/mol. The number of aromatic nitrogens is 2. The summed E-state index contributed by atoms with van der Waals surface area (Å²) in [5.41, 5.74) is 0.496. The lowest BCUT2D eigenvalue weighted by Crippen LogP contribution is -2.12. The highest BCUT2D eigenvalue weighted by atomic mass is 32.2. The number of hydrogen-bond donors (Lipinski definition) is 1. The topological polar surface area (TPSA) is 71.7 Å². The van der Waals surface area contributed by atoms with Gasteiger partial charge in [-0.2, -0.15) is 0 Å².